The molecule has 2 atom stereocenters. The van der Waals surface area contributed by atoms with Crippen molar-refractivity contribution in [1.82, 2.24) is 0 Å². The molecule has 21 heavy (non-hydrogen) atoms. The highest BCUT2D eigenvalue weighted by molar-refractivity contribution is 5.36. The maximum Gasteiger partial charge on any atom is 0.122 e. The van der Waals surface area contributed by atoms with Crippen molar-refractivity contribution in [3.8, 4) is 11.5 Å². The summed E-state index contributed by atoms with van der Waals surface area (Å²) in [5.41, 5.74) is 8.81. The number of ether oxygens (including phenoxy) is 2. The second kappa shape index (κ2) is 6.19. The summed E-state index contributed by atoms with van der Waals surface area (Å²) < 4.78 is 11.3. The molecule has 3 nitrogen and oxygen atoms in total. The molecule has 2 aromatic carbocycles. The molecule has 0 radical (unpaired) electrons. The Hall–Kier alpha value is -2.00. The van der Waals surface area contributed by atoms with Crippen molar-refractivity contribution in [1.29, 1.82) is 0 Å². The normalized spacial score (nSPS) is 18.5. The second-order valence-corrected chi connectivity index (χ2v) is 5.41. The highest BCUT2D eigenvalue weighted by Gasteiger charge is 2.25. The standard InChI is InChI=1S/C18H21NO2/c1-2-20-16-9-7-13(8-10-16)18(19)15-11-14-5-3-4-6-17(14)21-12-15/h3-10,15,18H,2,11-12,19H2,1H3. The lowest BCUT2D eigenvalue weighted by Crippen LogP contribution is -2.31. The van der Waals surface area contributed by atoms with Gasteiger partial charge in [0.1, 0.15) is 11.5 Å². The summed E-state index contributed by atoms with van der Waals surface area (Å²) >= 11 is 0. The Balaban J connectivity index is 1.72. The molecule has 1 aliphatic rings. The summed E-state index contributed by atoms with van der Waals surface area (Å²) in [4.78, 5) is 0. The Labute approximate surface area is 125 Å². The molecule has 0 amide bonds. The molecule has 0 aliphatic carbocycles. The van der Waals surface area contributed by atoms with Gasteiger partial charge < -0.3 is 15.2 Å². The van der Waals surface area contributed by atoms with Gasteiger partial charge in [0.25, 0.3) is 0 Å². The topological polar surface area (TPSA) is 44.5 Å². The van der Waals surface area contributed by atoms with Crippen molar-refractivity contribution in [2.45, 2.75) is 19.4 Å². The van der Waals surface area contributed by atoms with E-state index in [1.807, 2.05) is 37.3 Å². The zero-order chi connectivity index (χ0) is 14.7. The monoisotopic (exact) mass is 283 g/mol. The largest absolute Gasteiger partial charge is 0.494 e. The first-order valence-electron chi connectivity index (χ1n) is 7.47. The lowest BCUT2D eigenvalue weighted by atomic mass is 9.87. The van der Waals surface area contributed by atoms with Crippen LogP contribution in [0.15, 0.2) is 48.5 Å². The molecular formula is C18H21NO2. The molecular weight excluding hydrogens is 262 g/mol. The fourth-order valence-corrected chi connectivity index (χ4v) is 2.81. The van der Waals surface area contributed by atoms with E-state index in [0.29, 0.717) is 19.1 Å². The Morgan fingerprint density at radius 2 is 1.95 bits per heavy atom. The molecule has 3 heteroatoms. The highest BCUT2D eigenvalue weighted by atomic mass is 16.5. The van der Waals surface area contributed by atoms with Crippen molar-refractivity contribution in [2.75, 3.05) is 13.2 Å². The van der Waals surface area contributed by atoms with Crippen molar-refractivity contribution in [3.63, 3.8) is 0 Å². The summed E-state index contributed by atoms with van der Waals surface area (Å²) in [6, 6.07) is 16.2. The van der Waals surface area contributed by atoms with E-state index in [-0.39, 0.29) is 6.04 Å². The van der Waals surface area contributed by atoms with Crippen LogP contribution in [0.1, 0.15) is 24.1 Å². The van der Waals surface area contributed by atoms with Crippen LogP contribution in [-0.4, -0.2) is 13.2 Å². The number of nitrogens with two attached hydrogens (primary N) is 1. The van der Waals surface area contributed by atoms with Gasteiger partial charge in [-0.3, -0.25) is 0 Å². The van der Waals surface area contributed by atoms with Crippen LogP contribution in [-0.2, 0) is 6.42 Å². The van der Waals surface area contributed by atoms with E-state index in [2.05, 4.69) is 18.2 Å². The van der Waals surface area contributed by atoms with E-state index in [9.17, 15) is 0 Å². The zero-order valence-corrected chi connectivity index (χ0v) is 12.3. The smallest absolute Gasteiger partial charge is 0.122 e. The first kappa shape index (κ1) is 14.0. The third-order valence-electron chi connectivity index (χ3n) is 3.99. The number of hydrogen-bond donors (Lipinski definition) is 1. The first-order chi connectivity index (χ1) is 10.3. The van der Waals surface area contributed by atoms with Gasteiger partial charge in [0.2, 0.25) is 0 Å². The molecule has 1 heterocycles. The van der Waals surface area contributed by atoms with E-state index in [1.165, 1.54) is 5.56 Å². The third kappa shape index (κ3) is 3.03. The zero-order valence-electron chi connectivity index (χ0n) is 12.3. The number of benzene rings is 2. The van der Waals surface area contributed by atoms with Gasteiger partial charge in [-0.25, -0.2) is 0 Å². The number of rotatable bonds is 4. The molecule has 0 spiro atoms. The number of hydrogen-bond acceptors (Lipinski definition) is 3. The van der Waals surface area contributed by atoms with Gasteiger partial charge in [0, 0.05) is 12.0 Å². The minimum atomic E-state index is -0.0194. The van der Waals surface area contributed by atoms with Crippen LogP contribution in [0.3, 0.4) is 0 Å². The van der Waals surface area contributed by atoms with Gasteiger partial charge in [-0.15, -0.1) is 0 Å². The maximum atomic E-state index is 6.43. The van der Waals surface area contributed by atoms with Crippen LogP contribution in [0.4, 0.5) is 0 Å². The number of fused-ring (bicyclic) bond motifs is 1. The molecule has 0 aromatic heterocycles. The van der Waals surface area contributed by atoms with Crippen LogP contribution >= 0.6 is 0 Å². The minimum Gasteiger partial charge on any atom is -0.494 e. The molecule has 0 saturated carbocycles. The SMILES string of the molecule is CCOc1ccc(C(N)C2COc3ccccc3C2)cc1. The van der Waals surface area contributed by atoms with Crippen molar-refractivity contribution in [3.05, 3.63) is 59.7 Å². The Kier molecular flexibility index (Phi) is 4.11. The van der Waals surface area contributed by atoms with E-state index in [1.54, 1.807) is 0 Å². The molecule has 2 aromatic rings. The second-order valence-electron chi connectivity index (χ2n) is 5.41. The summed E-state index contributed by atoms with van der Waals surface area (Å²) in [6.07, 6.45) is 0.963. The maximum absolute atomic E-state index is 6.43. The minimum absolute atomic E-state index is 0.0194. The van der Waals surface area contributed by atoms with Gasteiger partial charge >= 0.3 is 0 Å². The van der Waals surface area contributed by atoms with E-state index in [4.69, 9.17) is 15.2 Å². The Morgan fingerprint density at radius 1 is 1.19 bits per heavy atom. The average Bonchev–Trinajstić information content (AvgIpc) is 2.55. The van der Waals surface area contributed by atoms with Crippen LogP contribution in [0, 0.1) is 5.92 Å². The Morgan fingerprint density at radius 3 is 2.71 bits per heavy atom. The van der Waals surface area contributed by atoms with Gasteiger partial charge in [-0.2, -0.15) is 0 Å². The quantitative estimate of drug-likeness (QED) is 0.936. The predicted octanol–water partition coefficient (Wildman–Crippen LogP) is 3.34. The fraction of sp³-hybridized carbons (Fsp3) is 0.333. The Bertz CT molecular complexity index is 594. The molecule has 3 rings (SSSR count). The predicted molar refractivity (Wildman–Crippen MR) is 83.7 cm³/mol. The van der Waals surface area contributed by atoms with Gasteiger partial charge in [0.15, 0.2) is 0 Å². The molecule has 0 saturated heterocycles. The van der Waals surface area contributed by atoms with Crippen LogP contribution in [0.5, 0.6) is 11.5 Å². The average molecular weight is 283 g/mol. The lowest BCUT2D eigenvalue weighted by molar-refractivity contribution is 0.200. The first-order valence-corrected chi connectivity index (χ1v) is 7.47. The molecule has 110 valence electrons. The van der Waals surface area contributed by atoms with Gasteiger partial charge in [-0.1, -0.05) is 30.3 Å². The van der Waals surface area contributed by atoms with E-state index >= 15 is 0 Å². The van der Waals surface area contributed by atoms with Gasteiger partial charge in [-0.05, 0) is 42.7 Å². The molecule has 2 unspecified atom stereocenters. The van der Waals surface area contributed by atoms with Crippen LogP contribution < -0.4 is 15.2 Å². The highest BCUT2D eigenvalue weighted by Crippen LogP contribution is 2.32. The van der Waals surface area contributed by atoms with Crippen molar-refractivity contribution >= 4 is 0 Å². The summed E-state index contributed by atoms with van der Waals surface area (Å²) in [7, 11) is 0. The number of para-hydroxylation sites is 1. The molecule has 0 bridgehead atoms. The lowest BCUT2D eigenvalue weighted by Gasteiger charge is -2.29. The van der Waals surface area contributed by atoms with Crippen molar-refractivity contribution in [2.24, 2.45) is 11.7 Å². The van der Waals surface area contributed by atoms with Crippen LogP contribution in [0.25, 0.3) is 0 Å². The summed E-state index contributed by atoms with van der Waals surface area (Å²) in [6.45, 7) is 3.33. The van der Waals surface area contributed by atoms with Gasteiger partial charge in [0.05, 0.1) is 13.2 Å². The van der Waals surface area contributed by atoms with E-state index < -0.39 is 0 Å². The summed E-state index contributed by atoms with van der Waals surface area (Å²) in [5.74, 6) is 2.18. The fourth-order valence-electron chi connectivity index (χ4n) is 2.81. The third-order valence-corrected chi connectivity index (χ3v) is 3.99. The molecule has 0 fully saturated rings. The van der Waals surface area contributed by atoms with Crippen molar-refractivity contribution < 1.29 is 9.47 Å². The molecule has 2 N–H and O–H groups in total. The summed E-state index contributed by atoms with van der Waals surface area (Å²) in [5, 5.41) is 0. The van der Waals surface area contributed by atoms with E-state index in [0.717, 1.165) is 23.5 Å². The molecule has 1 aliphatic heterocycles. The van der Waals surface area contributed by atoms with Crippen LogP contribution in [0.2, 0.25) is 0 Å².